The molecule has 3 heterocycles. The number of carbonyl (C=O) groups excluding carboxylic acids is 4. The van der Waals surface area contributed by atoms with E-state index in [-0.39, 0.29) is 11.1 Å². The Balaban J connectivity index is 1.31. The standard InChI is InChI=1S/C22H23B3N4O4/c1-28-10-20(11-28)7-12(8-20)5-6-26-14-4-2-3-13-15(14)17(31)29(16(13)30)22(25)9-21(23,24)18(32)27-19(22)33/h2-4,12,26H,5-11H2,1H3,(H,27,32,33). The number of hydrogen-bond acceptors (Lipinski definition) is 6. The van der Waals surface area contributed by atoms with Gasteiger partial charge in [0.1, 0.15) is 7.85 Å². The molecule has 33 heavy (non-hydrogen) atoms. The van der Waals surface area contributed by atoms with Gasteiger partial charge in [-0.1, -0.05) is 6.07 Å². The van der Waals surface area contributed by atoms with Crippen LogP contribution in [0, 0.1) is 11.3 Å². The summed E-state index contributed by atoms with van der Waals surface area (Å²) in [6.45, 7) is 3.00. The van der Waals surface area contributed by atoms with Crippen molar-refractivity contribution in [2.45, 2.75) is 36.3 Å². The number of hydrogen-bond donors (Lipinski definition) is 2. The van der Waals surface area contributed by atoms with Gasteiger partial charge in [-0.2, -0.15) is 0 Å². The zero-order chi connectivity index (χ0) is 23.8. The normalized spacial score (nSPS) is 28.3. The fourth-order valence-corrected chi connectivity index (χ4v) is 6.05. The monoisotopic (exact) mass is 440 g/mol. The molecule has 4 amide bonds. The average Bonchev–Trinajstić information content (AvgIpc) is 2.95. The first-order valence-corrected chi connectivity index (χ1v) is 11.1. The van der Waals surface area contributed by atoms with Crippen LogP contribution in [0.25, 0.3) is 0 Å². The minimum atomic E-state index is -2.18. The van der Waals surface area contributed by atoms with Gasteiger partial charge in [-0.15, -0.1) is 0 Å². The predicted molar refractivity (Wildman–Crippen MR) is 123 cm³/mol. The van der Waals surface area contributed by atoms with E-state index in [9.17, 15) is 19.2 Å². The van der Waals surface area contributed by atoms with Crippen LogP contribution in [0.3, 0.4) is 0 Å². The molecule has 2 saturated heterocycles. The summed E-state index contributed by atoms with van der Waals surface area (Å²) < 4.78 is 0. The quantitative estimate of drug-likeness (QED) is 0.486. The van der Waals surface area contributed by atoms with Crippen LogP contribution in [-0.4, -0.2) is 89.1 Å². The second-order valence-electron chi connectivity index (χ2n) is 10.3. The molecule has 0 bridgehead atoms. The van der Waals surface area contributed by atoms with Crippen molar-refractivity contribution in [3.05, 3.63) is 29.3 Å². The van der Waals surface area contributed by atoms with Crippen molar-refractivity contribution in [2.75, 3.05) is 32.0 Å². The van der Waals surface area contributed by atoms with Gasteiger partial charge in [-0.25, -0.2) is 0 Å². The van der Waals surface area contributed by atoms with E-state index in [4.69, 9.17) is 23.5 Å². The smallest absolute Gasteiger partial charge is 0.263 e. The number of piperidine rings is 1. The molecule has 1 aliphatic carbocycles. The number of nitrogens with zero attached hydrogens (tertiary/aromatic N) is 2. The molecular weight excluding hydrogens is 417 g/mol. The molecule has 1 atom stereocenters. The van der Waals surface area contributed by atoms with Crippen LogP contribution >= 0.6 is 0 Å². The lowest BCUT2D eigenvalue weighted by atomic mass is 9.45. The highest BCUT2D eigenvalue weighted by molar-refractivity contribution is 6.54. The number of benzene rings is 1. The highest BCUT2D eigenvalue weighted by atomic mass is 16.2. The summed E-state index contributed by atoms with van der Waals surface area (Å²) in [5.74, 6) is -2.71. The third-order valence-electron chi connectivity index (χ3n) is 7.44. The Bertz CT molecular complexity index is 1080. The van der Waals surface area contributed by atoms with Crippen molar-refractivity contribution >= 4 is 52.9 Å². The Kier molecular flexibility index (Phi) is 4.87. The molecule has 1 aromatic carbocycles. The zero-order valence-electron chi connectivity index (χ0n) is 18.5. The minimum Gasteiger partial charge on any atom is -0.384 e. The summed E-state index contributed by atoms with van der Waals surface area (Å²) in [4.78, 5) is 54.0. The number of rotatable bonds is 5. The van der Waals surface area contributed by atoms with Gasteiger partial charge in [0, 0.05) is 25.3 Å². The molecule has 1 aromatic rings. The molecule has 4 aliphatic rings. The molecule has 6 radical (unpaired) electrons. The lowest BCUT2D eigenvalue weighted by molar-refractivity contribution is -0.138. The van der Waals surface area contributed by atoms with Crippen molar-refractivity contribution in [3.63, 3.8) is 0 Å². The second-order valence-corrected chi connectivity index (χ2v) is 10.3. The van der Waals surface area contributed by atoms with E-state index in [2.05, 4.69) is 17.3 Å². The summed E-state index contributed by atoms with van der Waals surface area (Å²) in [6.07, 6.45) is 2.83. The molecule has 2 N–H and O–H groups in total. The molecule has 1 saturated carbocycles. The Labute approximate surface area is 196 Å². The van der Waals surface area contributed by atoms with Gasteiger partial charge < -0.3 is 10.2 Å². The maximum Gasteiger partial charge on any atom is 0.263 e. The lowest BCUT2D eigenvalue weighted by Crippen LogP contribution is -2.68. The van der Waals surface area contributed by atoms with Crippen molar-refractivity contribution in [1.29, 1.82) is 0 Å². The first kappa shape index (κ1) is 22.3. The Morgan fingerprint density at radius 1 is 1.06 bits per heavy atom. The van der Waals surface area contributed by atoms with Crippen LogP contribution in [0.5, 0.6) is 0 Å². The van der Waals surface area contributed by atoms with Crippen LogP contribution < -0.4 is 10.6 Å². The van der Waals surface area contributed by atoms with Gasteiger partial charge in [0.15, 0.2) is 0 Å². The van der Waals surface area contributed by atoms with Crippen LogP contribution in [0.1, 0.15) is 46.4 Å². The van der Waals surface area contributed by atoms with Crippen LogP contribution in [0.4, 0.5) is 5.69 Å². The maximum atomic E-state index is 13.3. The summed E-state index contributed by atoms with van der Waals surface area (Å²) in [5, 5.41) is 3.26. The molecule has 11 heteroatoms. The van der Waals surface area contributed by atoms with E-state index < -0.39 is 40.7 Å². The van der Waals surface area contributed by atoms with Gasteiger partial charge in [0.2, 0.25) is 11.8 Å². The van der Waals surface area contributed by atoms with E-state index in [1.807, 2.05) is 5.32 Å². The van der Waals surface area contributed by atoms with Crippen molar-refractivity contribution in [1.82, 2.24) is 15.1 Å². The fourth-order valence-electron chi connectivity index (χ4n) is 6.05. The predicted octanol–water partition coefficient (Wildman–Crippen LogP) is -0.209. The highest BCUT2D eigenvalue weighted by Crippen LogP contribution is 2.52. The first-order chi connectivity index (χ1) is 15.5. The van der Waals surface area contributed by atoms with E-state index in [0.29, 0.717) is 28.5 Å². The van der Waals surface area contributed by atoms with Gasteiger partial charge in [0.05, 0.1) is 32.3 Å². The number of nitrogens with one attached hydrogen (secondary N) is 2. The van der Waals surface area contributed by atoms with Gasteiger partial charge in [-0.3, -0.25) is 29.4 Å². The van der Waals surface area contributed by atoms with Gasteiger partial charge >= 0.3 is 0 Å². The SMILES string of the molecule is [B]C1([B])CC([B])(N2C(=O)c3cccc(NCCC4CC5(C4)CN(C)C5)c3C2=O)C(=O)NC1=O. The van der Waals surface area contributed by atoms with E-state index in [1.165, 1.54) is 32.0 Å². The molecule has 5 rings (SSSR count). The van der Waals surface area contributed by atoms with Crippen LogP contribution in [-0.2, 0) is 9.59 Å². The topological polar surface area (TPSA) is 98.8 Å². The lowest BCUT2D eigenvalue weighted by Gasteiger charge is -2.58. The molecule has 1 unspecified atom stereocenters. The van der Waals surface area contributed by atoms with Crippen LogP contribution in [0.2, 0.25) is 5.21 Å². The van der Waals surface area contributed by atoms with Gasteiger partial charge in [-0.05, 0) is 61.4 Å². The third-order valence-corrected chi connectivity index (χ3v) is 7.44. The Morgan fingerprint density at radius 3 is 2.42 bits per heavy atom. The number of fused-ring (bicyclic) bond motifs is 1. The highest BCUT2D eigenvalue weighted by Gasteiger charge is 2.56. The summed E-state index contributed by atoms with van der Waals surface area (Å²) >= 11 is 0. The number of imide groups is 2. The Morgan fingerprint density at radius 2 is 1.76 bits per heavy atom. The first-order valence-electron chi connectivity index (χ1n) is 11.1. The molecular formula is C22H23B3N4O4. The number of likely N-dealkylation sites (tertiary alicyclic amines) is 1. The average molecular weight is 440 g/mol. The van der Waals surface area contributed by atoms with Gasteiger partial charge in [0.25, 0.3) is 11.8 Å². The van der Waals surface area contributed by atoms with E-state index in [1.54, 1.807) is 12.1 Å². The summed E-state index contributed by atoms with van der Waals surface area (Å²) in [6, 6.07) is 4.90. The molecule has 1 spiro atoms. The maximum absolute atomic E-state index is 13.3. The third kappa shape index (κ3) is 3.35. The van der Waals surface area contributed by atoms with Crippen LogP contribution in [0.15, 0.2) is 18.2 Å². The molecule has 164 valence electrons. The number of carbonyl (C=O) groups is 4. The molecule has 0 aromatic heterocycles. The molecule has 8 nitrogen and oxygen atoms in total. The zero-order valence-corrected chi connectivity index (χ0v) is 18.5. The van der Waals surface area contributed by atoms with E-state index in [0.717, 1.165) is 6.42 Å². The van der Waals surface area contributed by atoms with Crippen molar-refractivity contribution < 1.29 is 19.2 Å². The largest absolute Gasteiger partial charge is 0.384 e. The molecule has 3 aliphatic heterocycles. The Hall–Kier alpha value is -2.55. The fraction of sp³-hybridized carbons (Fsp3) is 0.545. The van der Waals surface area contributed by atoms with E-state index >= 15 is 0 Å². The van der Waals surface area contributed by atoms with Crippen molar-refractivity contribution in [2.24, 2.45) is 11.3 Å². The minimum absolute atomic E-state index is 0.138. The number of amides is 4. The summed E-state index contributed by atoms with van der Waals surface area (Å²) in [5.41, 5.74) is -0.873. The van der Waals surface area contributed by atoms with Crippen molar-refractivity contribution in [3.8, 4) is 0 Å². The molecule has 3 fully saturated rings. The summed E-state index contributed by atoms with van der Waals surface area (Å²) in [7, 11) is 19.9. The number of anilines is 1. The second kappa shape index (κ2) is 7.22.